The predicted octanol–water partition coefficient (Wildman–Crippen LogP) is 3.47. The van der Waals surface area contributed by atoms with Gasteiger partial charge in [-0.05, 0) is 30.7 Å². The van der Waals surface area contributed by atoms with Gasteiger partial charge in [0.2, 0.25) is 0 Å². The third-order valence-electron chi connectivity index (χ3n) is 4.30. The number of aryl methyl sites for hydroxylation is 2. The number of nitrogens with zero attached hydrogens (tertiary/aromatic N) is 4. The minimum Gasteiger partial charge on any atom is -0.352 e. The van der Waals surface area contributed by atoms with E-state index in [1.165, 1.54) is 21.8 Å². The van der Waals surface area contributed by atoms with Crippen molar-refractivity contribution in [2.24, 2.45) is 12.0 Å². The molecular formula is C18H30IN5S. The molecule has 0 spiro atoms. The fourth-order valence-corrected chi connectivity index (χ4v) is 3.68. The molecule has 140 valence electrons. The monoisotopic (exact) mass is 475 g/mol. The lowest BCUT2D eigenvalue weighted by Crippen LogP contribution is -2.39. The number of likely N-dealkylation sites (N-methyl/N-ethyl adjacent to an activating group) is 1. The quantitative estimate of drug-likeness (QED) is 0.379. The summed E-state index contributed by atoms with van der Waals surface area (Å²) in [6.07, 6.45) is 2.99. The fourth-order valence-electron chi connectivity index (χ4n) is 2.98. The number of hydrogen-bond donors (Lipinski definition) is 1. The lowest BCUT2D eigenvalue weighted by atomic mass is 10.1. The molecule has 0 bridgehead atoms. The van der Waals surface area contributed by atoms with E-state index < -0.39 is 0 Å². The minimum absolute atomic E-state index is 0. The van der Waals surface area contributed by atoms with Gasteiger partial charge in [0, 0.05) is 50.4 Å². The van der Waals surface area contributed by atoms with Crippen LogP contribution in [0.2, 0.25) is 0 Å². The molecule has 0 fully saturated rings. The number of halogens is 1. The van der Waals surface area contributed by atoms with Crippen LogP contribution in [0.5, 0.6) is 0 Å². The highest BCUT2D eigenvalue weighted by atomic mass is 127. The summed E-state index contributed by atoms with van der Waals surface area (Å²) in [5.74, 6) is 0.930. The Bertz CT molecular complexity index is 663. The molecule has 0 aromatic carbocycles. The summed E-state index contributed by atoms with van der Waals surface area (Å²) in [6, 6.07) is 4.29. The van der Waals surface area contributed by atoms with E-state index in [1.807, 2.05) is 30.1 Å². The Balaban J connectivity index is 0.00000312. The third kappa shape index (κ3) is 5.70. The highest BCUT2D eigenvalue weighted by molar-refractivity contribution is 14.0. The van der Waals surface area contributed by atoms with Crippen LogP contribution < -0.4 is 5.32 Å². The van der Waals surface area contributed by atoms with Crippen LogP contribution in [0.1, 0.15) is 35.7 Å². The van der Waals surface area contributed by atoms with Gasteiger partial charge in [-0.15, -0.1) is 35.3 Å². The SMILES string of the molecule is CCc1nn(C)c(CC)c1CNC(=NC)N(C)CCc1cccs1.I. The summed E-state index contributed by atoms with van der Waals surface area (Å²) in [5, 5.41) is 10.3. The number of rotatable bonds is 7. The van der Waals surface area contributed by atoms with E-state index in [9.17, 15) is 0 Å². The Morgan fingerprint density at radius 2 is 2.12 bits per heavy atom. The van der Waals surface area contributed by atoms with E-state index in [4.69, 9.17) is 0 Å². The molecule has 0 saturated heterocycles. The molecule has 2 rings (SSSR count). The normalized spacial score (nSPS) is 11.3. The van der Waals surface area contributed by atoms with Gasteiger partial charge in [0.15, 0.2) is 5.96 Å². The summed E-state index contributed by atoms with van der Waals surface area (Å²) in [6.45, 7) is 6.07. The van der Waals surface area contributed by atoms with Crippen LogP contribution in [0.15, 0.2) is 22.5 Å². The molecule has 5 nitrogen and oxygen atoms in total. The number of thiophene rings is 1. The molecule has 2 aromatic rings. The van der Waals surface area contributed by atoms with Crippen molar-refractivity contribution < 1.29 is 0 Å². The standard InChI is InChI=1S/C18H29N5S.HI/c1-6-16-15(17(7-2)23(5)21-16)13-20-18(19-3)22(4)11-10-14-9-8-12-24-14;/h8-9,12H,6-7,10-11,13H2,1-5H3,(H,19,20);1H. The lowest BCUT2D eigenvalue weighted by Gasteiger charge is -2.22. The van der Waals surface area contributed by atoms with Crippen molar-refractivity contribution >= 4 is 41.3 Å². The first-order valence-electron chi connectivity index (χ1n) is 8.58. The molecule has 0 aliphatic rings. The van der Waals surface area contributed by atoms with Crippen LogP contribution in [-0.2, 0) is 32.9 Å². The highest BCUT2D eigenvalue weighted by Crippen LogP contribution is 2.15. The largest absolute Gasteiger partial charge is 0.352 e. The average molecular weight is 475 g/mol. The first kappa shape index (κ1) is 22.0. The van der Waals surface area contributed by atoms with Crippen LogP contribution in [0.3, 0.4) is 0 Å². The van der Waals surface area contributed by atoms with Crippen LogP contribution >= 0.6 is 35.3 Å². The Labute approximate surface area is 172 Å². The lowest BCUT2D eigenvalue weighted by molar-refractivity contribution is 0.486. The summed E-state index contributed by atoms with van der Waals surface area (Å²) in [4.78, 5) is 8.02. The maximum absolute atomic E-state index is 4.64. The van der Waals surface area contributed by atoms with E-state index in [1.54, 1.807) is 0 Å². The summed E-state index contributed by atoms with van der Waals surface area (Å²) < 4.78 is 2.01. The van der Waals surface area contributed by atoms with Crippen molar-refractivity contribution in [1.29, 1.82) is 0 Å². The van der Waals surface area contributed by atoms with Crippen molar-refractivity contribution in [3.63, 3.8) is 0 Å². The zero-order chi connectivity index (χ0) is 17.5. The molecular weight excluding hydrogens is 445 g/mol. The number of guanidine groups is 1. The van der Waals surface area contributed by atoms with Gasteiger partial charge in [-0.1, -0.05) is 19.9 Å². The van der Waals surface area contributed by atoms with Crippen LogP contribution in [0, 0.1) is 0 Å². The molecule has 0 aliphatic heterocycles. The van der Waals surface area contributed by atoms with Gasteiger partial charge >= 0.3 is 0 Å². The molecule has 0 saturated carbocycles. The number of hydrogen-bond acceptors (Lipinski definition) is 3. The van der Waals surface area contributed by atoms with Crippen molar-refractivity contribution in [2.75, 3.05) is 20.6 Å². The number of aliphatic imine (C=N–C) groups is 1. The maximum atomic E-state index is 4.64. The molecule has 0 amide bonds. The van der Waals surface area contributed by atoms with Gasteiger partial charge in [-0.3, -0.25) is 9.67 Å². The van der Waals surface area contributed by atoms with Gasteiger partial charge in [0.25, 0.3) is 0 Å². The topological polar surface area (TPSA) is 45.5 Å². The second-order valence-electron chi connectivity index (χ2n) is 5.85. The number of nitrogens with one attached hydrogen (secondary N) is 1. The van der Waals surface area contributed by atoms with Crippen LogP contribution in [0.25, 0.3) is 0 Å². The fraction of sp³-hybridized carbons (Fsp3) is 0.556. The second kappa shape index (κ2) is 10.8. The van der Waals surface area contributed by atoms with Gasteiger partial charge in [-0.2, -0.15) is 5.10 Å². The molecule has 0 atom stereocenters. The molecule has 2 heterocycles. The maximum Gasteiger partial charge on any atom is 0.193 e. The Hall–Kier alpha value is -1.09. The minimum atomic E-state index is 0. The van der Waals surface area contributed by atoms with Crippen molar-refractivity contribution in [3.05, 3.63) is 39.3 Å². The molecule has 1 N–H and O–H groups in total. The van der Waals surface area contributed by atoms with Crippen LogP contribution in [-0.4, -0.2) is 41.3 Å². The van der Waals surface area contributed by atoms with Crippen molar-refractivity contribution in [1.82, 2.24) is 20.0 Å². The van der Waals surface area contributed by atoms with E-state index in [-0.39, 0.29) is 24.0 Å². The molecule has 0 aliphatic carbocycles. The zero-order valence-corrected chi connectivity index (χ0v) is 19.0. The number of aromatic nitrogens is 2. The Morgan fingerprint density at radius 1 is 1.36 bits per heavy atom. The van der Waals surface area contributed by atoms with Gasteiger partial charge in [0.1, 0.15) is 0 Å². The summed E-state index contributed by atoms with van der Waals surface area (Å²) >= 11 is 1.81. The zero-order valence-electron chi connectivity index (χ0n) is 15.9. The van der Waals surface area contributed by atoms with Gasteiger partial charge < -0.3 is 10.2 Å². The molecule has 2 aromatic heterocycles. The smallest absolute Gasteiger partial charge is 0.193 e. The molecule has 7 heteroatoms. The van der Waals surface area contributed by atoms with E-state index >= 15 is 0 Å². The summed E-state index contributed by atoms with van der Waals surface area (Å²) in [7, 11) is 5.96. The molecule has 0 radical (unpaired) electrons. The van der Waals surface area contributed by atoms with E-state index in [2.05, 4.69) is 58.7 Å². The van der Waals surface area contributed by atoms with Crippen LogP contribution in [0.4, 0.5) is 0 Å². The highest BCUT2D eigenvalue weighted by Gasteiger charge is 2.15. The first-order chi connectivity index (χ1) is 11.6. The van der Waals surface area contributed by atoms with Gasteiger partial charge in [0.05, 0.1) is 5.69 Å². The average Bonchev–Trinajstić information content (AvgIpc) is 3.20. The Morgan fingerprint density at radius 3 is 2.68 bits per heavy atom. The summed E-state index contributed by atoms with van der Waals surface area (Å²) in [5.41, 5.74) is 3.80. The van der Waals surface area contributed by atoms with E-state index in [0.29, 0.717) is 0 Å². The second-order valence-corrected chi connectivity index (χ2v) is 6.89. The third-order valence-corrected chi connectivity index (χ3v) is 5.23. The van der Waals surface area contributed by atoms with Gasteiger partial charge in [-0.25, -0.2) is 0 Å². The molecule has 0 unspecified atom stereocenters. The predicted molar refractivity (Wildman–Crippen MR) is 118 cm³/mol. The molecule has 25 heavy (non-hydrogen) atoms. The van der Waals surface area contributed by atoms with Crippen molar-refractivity contribution in [2.45, 2.75) is 39.7 Å². The van der Waals surface area contributed by atoms with Crippen molar-refractivity contribution in [3.8, 4) is 0 Å². The first-order valence-corrected chi connectivity index (χ1v) is 9.46. The Kier molecular flexibility index (Phi) is 9.48. The van der Waals surface area contributed by atoms with E-state index in [0.717, 1.165) is 38.3 Å².